The third-order valence-electron chi connectivity index (χ3n) is 10.2. The second-order valence-electron chi connectivity index (χ2n) is 15.6. The van der Waals surface area contributed by atoms with Gasteiger partial charge in [0.25, 0.3) is 0 Å². The first-order valence-electron chi connectivity index (χ1n) is 20.1. The van der Waals surface area contributed by atoms with Gasteiger partial charge in [0.05, 0.1) is 16.5 Å². The largest absolute Gasteiger partial charge is 0.481 e. The first kappa shape index (κ1) is 49.8. The van der Waals surface area contributed by atoms with E-state index >= 15 is 0 Å². The smallest absolute Gasteiger partial charge is 0.326 e. The zero-order valence-corrected chi connectivity index (χ0v) is 35.9. The lowest BCUT2D eigenvalue weighted by Crippen LogP contribution is -2.60. The number of nitrogens with one attached hydrogen (secondary N) is 4. The van der Waals surface area contributed by atoms with Gasteiger partial charge < -0.3 is 42.1 Å². The van der Waals surface area contributed by atoms with Crippen LogP contribution in [0.25, 0.3) is 6.08 Å². The maximum atomic E-state index is 14.4. The highest BCUT2D eigenvalue weighted by molar-refractivity contribution is 6.42. The standard InChI is InChI=1S/C42H55Cl2N7O10/c1-24(2)18-31(39(57)50-33(42(60)61)21-27-11-13-28(43)29(44)19-27)48-40(58)34(22-37(54)55)51(3)41(59)32(20-25-8-5-4-6-9-25)49-38(56)30(14-15-35(45)52)47-36(53)16-12-26-10-7-17-46-23-26/h7,10-13,16-17,19,23-25,30-34H,4-6,8-9,14-15,18,20-22H2,1-3H3,(H2,45,52)(H,47,53)(H,48,58)(H,49,56)(H,50,57)(H,54,55)(H,60,61)/b16-12+/t30?,31-,32-,33?,34?/m0/s1. The predicted octanol–water partition coefficient (Wildman–Crippen LogP) is 3.25. The van der Waals surface area contributed by atoms with Crippen LogP contribution < -0.4 is 27.0 Å². The van der Waals surface area contributed by atoms with Crippen LogP contribution in [0.4, 0.5) is 0 Å². The molecule has 1 aliphatic rings. The average molecular weight is 889 g/mol. The van der Waals surface area contributed by atoms with Crippen molar-refractivity contribution < 1.29 is 48.6 Å². The number of carbonyl (C=O) groups excluding carboxylic acids is 6. The SMILES string of the molecule is CC(C)C[C@H](NC(=O)C(CC(=O)O)N(C)C(=O)[C@H](CC1CCCCC1)NC(=O)C(CCC(N)=O)NC(=O)/C=C/c1cccnc1)C(=O)NC(Cc1ccc(Cl)c(Cl)c1)C(=O)O. The fourth-order valence-corrected chi connectivity index (χ4v) is 7.31. The number of carboxylic acid groups (broad SMARTS) is 2. The highest BCUT2D eigenvalue weighted by Gasteiger charge is 2.38. The number of hydrogen-bond acceptors (Lipinski definition) is 9. The number of benzene rings is 1. The molecule has 3 rings (SSSR count). The van der Waals surface area contributed by atoms with Crippen molar-refractivity contribution in [2.45, 2.75) is 115 Å². The highest BCUT2D eigenvalue weighted by Crippen LogP contribution is 2.28. The molecule has 17 nitrogen and oxygen atoms in total. The number of rotatable bonds is 23. The molecule has 1 heterocycles. The van der Waals surface area contributed by atoms with E-state index in [-0.39, 0.29) is 54.0 Å². The lowest BCUT2D eigenvalue weighted by atomic mass is 9.84. The van der Waals surface area contributed by atoms with E-state index in [0.717, 1.165) is 37.0 Å². The molecule has 61 heavy (non-hydrogen) atoms. The Labute approximate surface area is 364 Å². The Bertz CT molecular complexity index is 1910. The van der Waals surface area contributed by atoms with Gasteiger partial charge >= 0.3 is 11.9 Å². The van der Waals surface area contributed by atoms with Gasteiger partial charge in [0, 0.05) is 38.4 Å². The summed E-state index contributed by atoms with van der Waals surface area (Å²) in [7, 11) is 1.21. The first-order chi connectivity index (χ1) is 28.8. The van der Waals surface area contributed by atoms with Gasteiger partial charge in [0.15, 0.2) is 0 Å². The van der Waals surface area contributed by atoms with E-state index in [4.69, 9.17) is 28.9 Å². The fourth-order valence-electron chi connectivity index (χ4n) is 6.99. The normalized spacial score (nSPS) is 15.4. The molecule has 1 fully saturated rings. The Kier molecular flexibility index (Phi) is 20.1. The highest BCUT2D eigenvalue weighted by atomic mass is 35.5. The van der Waals surface area contributed by atoms with E-state index in [1.807, 2.05) is 0 Å². The Morgan fingerprint density at radius 2 is 1.52 bits per heavy atom. The molecule has 19 heteroatoms. The molecule has 0 saturated heterocycles. The Balaban J connectivity index is 1.87. The minimum absolute atomic E-state index is 0.0182. The molecule has 1 saturated carbocycles. The molecule has 0 bridgehead atoms. The molecular weight excluding hydrogens is 833 g/mol. The maximum Gasteiger partial charge on any atom is 0.326 e. The number of carbonyl (C=O) groups is 8. The van der Waals surface area contributed by atoms with Crippen LogP contribution in [0.2, 0.25) is 10.0 Å². The molecule has 3 unspecified atom stereocenters. The molecule has 0 spiro atoms. The Morgan fingerprint density at radius 3 is 2.11 bits per heavy atom. The lowest BCUT2D eigenvalue weighted by Gasteiger charge is -2.34. The third kappa shape index (κ3) is 17.2. The van der Waals surface area contributed by atoms with Crippen LogP contribution in [0.5, 0.6) is 0 Å². The molecule has 1 aromatic heterocycles. The number of nitrogens with zero attached hydrogens (tertiary/aromatic N) is 2. The van der Waals surface area contributed by atoms with Crippen LogP contribution in [-0.2, 0) is 44.8 Å². The number of primary amides is 1. The summed E-state index contributed by atoms with van der Waals surface area (Å²) < 4.78 is 0. The van der Waals surface area contributed by atoms with Crippen molar-refractivity contribution in [2.75, 3.05) is 7.05 Å². The second-order valence-corrected chi connectivity index (χ2v) is 16.4. The van der Waals surface area contributed by atoms with E-state index in [1.165, 1.54) is 37.5 Å². The summed E-state index contributed by atoms with van der Waals surface area (Å²) in [4.78, 5) is 110. The van der Waals surface area contributed by atoms with Crippen molar-refractivity contribution in [3.63, 3.8) is 0 Å². The number of likely N-dealkylation sites (N-methyl/N-ethyl adjacent to an activating group) is 1. The number of amides is 6. The molecule has 0 aliphatic heterocycles. The predicted molar refractivity (Wildman–Crippen MR) is 227 cm³/mol. The van der Waals surface area contributed by atoms with Crippen LogP contribution in [0.1, 0.15) is 89.2 Å². The number of halogens is 2. The molecule has 1 aliphatic carbocycles. The van der Waals surface area contributed by atoms with Crippen molar-refractivity contribution in [3.8, 4) is 0 Å². The topological polar surface area (TPSA) is 267 Å². The number of aromatic nitrogens is 1. The van der Waals surface area contributed by atoms with Crippen LogP contribution >= 0.6 is 23.2 Å². The Hall–Kier alpha value is -5.55. The van der Waals surface area contributed by atoms with Crippen molar-refractivity contribution in [2.24, 2.45) is 17.6 Å². The van der Waals surface area contributed by atoms with Crippen LogP contribution in [0.15, 0.2) is 48.8 Å². The van der Waals surface area contributed by atoms with Gasteiger partial charge in [-0.3, -0.25) is 38.5 Å². The van der Waals surface area contributed by atoms with E-state index in [9.17, 15) is 48.6 Å². The summed E-state index contributed by atoms with van der Waals surface area (Å²) >= 11 is 12.1. The van der Waals surface area contributed by atoms with Crippen LogP contribution in [0.3, 0.4) is 0 Å². The average Bonchev–Trinajstić information content (AvgIpc) is 3.21. The maximum absolute atomic E-state index is 14.4. The number of aliphatic carboxylic acids is 2. The number of pyridine rings is 1. The van der Waals surface area contributed by atoms with Gasteiger partial charge in [-0.25, -0.2) is 4.79 Å². The fraction of sp³-hybridized carbons (Fsp3) is 0.500. The zero-order chi connectivity index (χ0) is 45.2. The van der Waals surface area contributed by atoms with Gasteiger partial charge in [-0.1, -0.05) is 81.3 Å². The van der Waals surface area contributed by atoms with Crippen molar-refractivity contribution in [3.05, 3.63) is 70.0 Å². The summed E-state index contributed by atoms with van der Waals surface area (Å²) in [5, 5.41) is 30.5. The van der Waals surface area contributed by atoms with Gasteiger partial charge in [-0.2, -0.15) is 0 Å². The monoisotopic (exact) mass is 887 g/mol. The first-order valence-corrected chi connectivity index (χ1v) is 20.8. The van der Waals surface area contributed by atoms with Gasteiger partial charge in [-0.05, 0) is 66.5 Å². The minimum Gasteiger partial charge on any atom is -0.481 e. The molecule has 0 radical (unpaired) electrons. The molecule has 1 aromatic carbocycles. The van der Waals surface area contributed by atoms with Crippen LogP contribution in [0, 0.1) is 11.8 Å². The Morgan fingerprint density at radius 1 is 0.869 bits per heavy atom. The molecule has 332 valence electrons. The summed E-state index contributed by atoms with van der Waals surface area (Å²) in [5.74, 6) is -7.95. The minimum atomic E-state index is -1.69. The van der Waals surface area contributed by atoms with Crippen molar-refractivity contribution >= 4 is 76.7 Å². The lowest BCUT2D eigenvalue weighted by molar-refractivity contribution is -0.148. The van der Waals surface area contributed by atoms with Gasteiger partial charge in [0.1, 0.15) is 30.2 Å². The number of carboxylic acids is 2. The molecular formula is C42H55Cl2N7O10. The number of hydrogen-bond donors (Lipinski definition) is 7. The summed E-state index contributed by atoms with van der Waals surface area (Å²) in [6, 6.07) is 0.788. The molecule has 2 aromatic rings. The molecule has 5 atom stereocenters. The zero-order valence-electron chi connectivity index (χ0n) is 34.4. The van der Waals surface area contributed by atoms with Crippen molar-refractivity contribution in [1.29, 1.82) is 0 Å². The molecule has 6 amide bonds. The third-order valence-corrected chi connectivity index (χ3v) is 10.9. The van der Waals surface area contributed by atoms with Gasteiger partial charge in [-0.15, -0.1) is 0 Å². The van der Waals surface area contributed by atoms with Crippen molar-refractivity contribution in [1.82, 2.24) is 31.2 Å². The quantitative estimate of drug-likeness (QED) is 0.0797. The summed E-state index contributed by atoms with van der Waals surface area (Å²) in [5.41, 5.74) is 6.44. The molecule has 8 N–H and O–H groups in total. The summed E-state index contributed by atoms with van der Waals surface area (Å²) in [6.07, 6.45) is 8.59. The van der Waals surface area contributed by atoms with E-state index in [1.54, 1.807) is 38.2 Å². The van der Waals surface area contributed by atoms with Gasteiger partial charge in [0.2, 0.25) is 35.4 Å². The van der Waals surface area contributed by atoms with E-state index < -0.39 is 84.0 Å². The summed E-state index contributed by atoms with van der Waals surface area (Å²) in [6.45, 7) is 3.52. The van der Waals surface area contributed by atoms with E-state index in [2.05, 4.69) is 26.3 Å². The number of nitrogens with two attached hydrogens (primary N) is 1. The van der Waals surface area contributed by atoms with E-state index in [0.29, 0.717) is 11.1 Å². The van der Waals surface area contributed by atoms with Crippen LogP contribution in [-0.4, -0.2) is 105 Å². The second kappa shape index (κ2) is 24.6.